The van der Waals surface area contributed by atoms with Crippen LogP contribution in [0.3, 0.4) is 0 Å². The summed E-state index contributed by atoms with van der Waals surface area (Å²) >= 11 is 0. The van der Waals surface area contributed by atoms with Gasteiger partial charge >= 0.3 is 0 Å². The molecular weight excluding hydrogens is 220 g/mol. The fourth-order valence-electron chi connectivity index (χ4n) is 2.24. The third-order valence-corrected chi connectivity index (χ3v) is 3.40. The first-order valence-electron chi connectivity index (χ1n) is 6.86. The lowest BCUT2D eigenvalue weighted by Crippen LogP contribution is -2.25. The summed E-state index contributed by atoms with van der Waals surface area (Å²) in [6, 6.07) is 9.11. The van der Waals surface area contributed by atoms with E-state index in [1.165, 1.54) is 35.6 Å². The van der Waals surface area contributed by atoms with Crippen molar-refractivity contribution in [3.05, 3.63) is 42.2 Å². The van der Waals surface area contributed by atoms with Gasteiger partial charge in [0.15, 0.2) is 0 Å². The molecule has 0 spiro atoms. The Morgan fingerprint density at radius 3 is 3.00 bits per heavy atom. The molecule has 1 aromatic carbocycles. The molecule has 2 rings (SSSR count). The number of pyridine rings is 1. The lowest BCUT2D eigenvalue weighted by molar-refractivity contribution is 0.496. The summed E-state index contributed by atoms with van der Waals surface area (Å²) in [5, 5.41) is 6.13. The highest BCUT2D eigenvalue weighted by molar-refractivity contribution is 5.84. The number of nitrogens with one attached hydrogen (secondary N) is 1. The van der Waals surface area contributed by atoms with Gasteiger partial charge in [-0.3, -0.25) is 4.98 Å². The van der Waals surface area contributed by atoms with Gasteiger partial charge in [0.25, 0.3) is 0 Å². The fourth-order valence-corrected chi connectivity index (χ4v) is 2.24. The van der Waals surface area contributed by atoms with Crippen LogP contribution in [0.2, 0.25) is 0 Å². The van der Waals surface area contributed by atoms with Crippen LogP contribution >= 0.6 is 0 Å². The molecule has 1 heterocycles. The van der Waals surface area contributed by atoms with Crippen molar-refractivity contribution in [1.82, 2.24) is 10.3 Å². The molecule has 0 saturated heterocycles. The topological polar surface area (TPSA) is 24.9 Å². The van der Waals surface area contributed by atoms with Gasteiger partial charge < -0.3 is 5.32 Å². The number of hydrogen-bond donors (Lipinski definition) is 1. The van der Waals surface area contributed by atoms with Crippen LogP contribution in [0.4, 0.5) is 0 Å². The summed E-state index contributed by atoms with van der Waals surface area (Å²) < 4.78 is 0. The first kappa shape index (κ1) is 13.0. The van der Waals surface area contributed by atoms with Gasteiger partial charge in [-0.2, -0.15) is 0 Å². The Morgan fingerprint density at radius 1 is 1.28 bits per heavy atom. The Morgan fingerprint density at radius 2 is 2.17 bits per heavy atom. The van der Waals surface area contributed by atoms with E-state index >= 15 is 0 Å². The van der Waals surface area contributed by atoms with E-state index in [1.54, 1.807) is 0 Å². The molecular formula is C16H22N2. The van der Waals surface area contributed by atoms with Crippen LogP contribution in [-0.4, -0.2) is 11.0 Å². The van der Waals surface area contributed by atoms with E-state index < -0.39 is 0 Å². The zero-order chi connectivity index (χ0) is 12.8. The van der Waals surface area contributed by atoms with Gasteiger partial charge in [-0.25, -0.2) is 0 Å². The van der Waals surface area contributed by atoms with E-state index in [0.29, 0.717) is 6.04 Å². The molecule has 96 valence electrons. The van der Waals surface area contributed by atoms with Crippen LogP contribution in [0, 0.1) is 0 Å². The minimum Gasteiger partial charge on any atom is -0.310 e. The van der Waals surface area contributed by atoms with Crippen molar-refractivity contribution in [2.45, 2.75) is 45.7 Å². The zero-order valence-corrected chi connectivity index (χ0v) is 11.3. The van der Waals surface area contributed by atoms with E-state index in [4.69, 9.17) is 0 Å². The number of benzene rings is 1. The Kier molecular flexibility index (Phi) is 4.71. The minimum atomic E-state index is 0.585. The van der Waals surface area contributed by atoms with Crippen LogP contribution in [0.5, 0.6) is 0 Å². The molecule has 0 aliphatic carbocycles. The number of rotatable bonds is 6. The summed E-state index contributed by atoms with van der Waals surface area (Å²) in [5.41, 5.74) is 1.36. The van der Waals surface area contributed by atoms with Crippen LogP contribution in [0.15, 0.2) is 36.7 Å². The van der Waals surface area contributed by atoms with Crippen molar-refractivity contribution in [3.63, 3.8) is 0 Å². The predicted octanol–water partition coefficient (Wildman–Crippen LogP) is 3.90. The summed E-state index contributed by atoms with van der Waals surface area (Å²) in [6.45, 7) is 5.44. The summed E-state index contributed by atoms with van der Waals surface area (Å²) in [4.78, 5) is 4.17. The van der Waals surface area contributed by atoms with Gasteiger partial charge in [0, 0.05) is 30.4 Å². The van der Waals surface area contributed by atoms with Gasteiger partial charge in [-0.1, -0.05) is 38.0 Å². The molecule has 0 aliphatic heterocycles. The van der Waals surface area contributed by atoms with Crippen molar-refractivity contribution in [2.24, 2.45) is 0 Å². The van der Waals surface area contributed by atoms with Gasteiger partial charge in [0.1, 0.15) is 0 Å². The van der Waals surface area contributed by atoms with Gasteiger partial charge in [-0.05, 0) is 30.4 Å². The maximum absolute atomic E-state index is 4.17. The Hall–Kier alpha value is -1.41. The fraction of sp³-hybridized carbons (Fsp3) is 0.438. The van der Waals surface area contributed by atoms with E-state index in [2.05, 4.69) is 48.4 Å². The molecule has 2 nitrogen and oxygen atoms in total. The molecule has 2 aromatic rings. The van der Waals surface area contributed by atoms with E-state index in [1.807, 2.05) is 12.4 Å². The molecule has 0 bridgehead atoms. The van der Waals surface area contributed by atoms with Crippen molar-refractivity contribution < 1.29 is 0 Å². The summed E-state index contributed by atoms with van der Waals surface area (Å²) in [5.74, 6) is 0. The number of aromatic nitrogens is 1. The van der Waals surface area contributed by atoms with E-state index in [9.17, 15) is 0 Å². The average Bonchev–Trinajstić information content (AvgIpc) is 2.42. The minimum absolute atomic E-state index is 0.585. The van der Waals surface area contributed by atoms with Crippen molar-refractivity contribution in [3.8, 4) is 0 Å². The number of unbranched alkanes of at least 4 members (excludes halogenated alkanes) is 1. The molecule has 2 heteroatoms. The van der Waals surface area contributed by atoms with Gasteiger partial charge in [0.2, 0.25) is 0 Å². The quantitative estimate of drug-likeness (QED) is 0.831. The van der Waals surface area contributed by atoms with Gasteiger partial charge in [-0.15, -0.1) is 0 Å². The molecule has 1 atom stereocenters. The predicted molar refractivity (Wildman–Crippen MR) is 77.6 cm³/mol. The maximum atomic E-state index is 4.17. The number of nitrogens with zero attached hydrogens (tertiary/aromatic N) is 1. The second-order valence-electron chi connectivity index (χ2n) is 4.94. The Bertz CT molecular complexity index is 488. The first-order chi connectivity index (χ1) is 8.81. The summed E-state index contributed by atoms with van der Waals surface area (Å²) in [7, 11) is 0. The highest BCUT2D eigenvalue weighted by atomic mass is 14.9. The maximum Gasteiger partial charge on any atom is 0.0346 e. The molecule has 0 radical (unpaired) electrons. The summed E-state index contributed by atoms with van der Waals surface area (Å²) in [6.07, 6.45) is 7.62. The highest BCUT2D eigenvalue weighted by Crippen LogP contribution is 2.17. The normalized spacial score (nSPS) is 12.8. The van der Waals surface area contributed by atoms with Crippen molar-refractivity contribution in [1.29, 1.82) is 0 Å². The van der Waals surface area contributed by atoms with Crippen LogP contribution in [-0.2, 0) is 6.54 Å². The molecule has 0 fully saturated rings. The van der Waals surface area contributed by atoms with Crippen LogP contribution < -0.4 is 5.32 Å². The number of fused-ring (bicyclic) bond motifs is 1. The monoisotopic (exact) mass is 242 g/mol. The first-order valence-corrected chi connectivity index (χ1v) is 6.86. The molecule has 0 aliphatic rings. The highest BCUT2D eigenvalue weighted by Gasteiger charge is 2.03. The van der Waals surface area contributed by atoms with Crippen molar-refractivity contribution in [2.75, 3.05) is 0 Å². The van der Waals surface area contributed by atoms with Crippen LogP contribution in [0.25, 0.3) is 10.8 Å². The average molecular weight is 242 g/mol. The lowest BCUT2D eigenvalue weighted by atomic mass is 10.1. The smallest absolute Gasteiger partial charge is 0.0346 e. The standard InChI is InChI=1S/C16H22N2/c1-3-4-6-13(2)18-12-15-8-5-7-14-11-17-10-9-16(14)15/h5,7-11,13,18H,3-4,6,12H2,1-2H3. The zero-order valence-electron chi connectivity index (χ0n) is 11.3. The molecule has 1 unspecified atom stereocenters. The van der Waals surface area contributed by atoms with Crippen LogP contribution in [0.1, 0.15) is 38.7 Å². The second-order valence-corrected chi connectivity index (χ2v) is 4.94. The second kappa shape index (κ2) is 6.50. The third-order valence-electron chi connectivity index (χ3n) is 3.40. The molecule has 1 N–H and O–H groups in total. The third kappa shape index (κ3) is 3.30. The molecule has 18 heavy (non-hydrogen) atoms. The van der Waals surface area contributed by atoms with Crippen molar-refractivity contribution >= 4 is 10.8 Å². The van der Waals surface area contributed by atoms with E-state index in [-0.39, 0.29) is 0 Å². The molecule has 1 aromatic heterocycles. The molecule has 0 amide bonds. The largest absolute Gasteiger partial charge is 0.310 e. The lowest BCUT2D eigenvalue weighted by Gasteiger charge is -2.14. The van der Waals surface area contributed by atoms with Gasteiger partial charge in [0.05, 0.1) is 0 Å². The Balaban J connectivity index is 2.03. The van der Waals surface area contributed by atoms with E-state index in [0.717, 1.165) is 6.54 Å². The SMILES string of the molecule is CCCCC(C)NCc1cccc2cnccc12. The number of hydrogen-bond acceptors (Lipinski definition) is 2. The Labute approximate surface area is 109 Å². The molecule has 0 saturated carbocycles.